The van der Waals surface area contributed by atoms with E-state index >= 15 is 0 Å². The van der Waals surface area contributed by atoms with Gasteiger partial charge in [0.05, 0.1) is 0 Å². The zero-order valence-electron chi connectivity index (χ0n) is 67.9. The van der Waals surface area contributed by atoms with Crippen molar-refractivity contribution < 1.29 is 88.6 Å². The molecule has 0 bridgehead atoms. The van der Waals surface area contributed by atoms with Crippen molar-refractivity contribution in [1.82, 2.24) is 19.6 Å². The summed E-state index contributed by atoms with van der Waals surface area (Å²) in [5, 5.41) is 50.9. The van der Waals surface area contributed by atoms with Gasteiger partial charge in [-0.1, -0.05) is 161 Å². The van der Waals surface area contributed by atoms with Crippen LogP contribution in [0.2, 0.25) is 0 Å². The van der Waals surface area contributed by atoms with Crippen molar-refractivity contribution in [3.05, 3.63) is 212 Å². The van der Waals surface area contributed by atoms with Crippen LogP contribution < -0.4 is 42.4 Å². The minimum absolute atomic E-state index is 0.393. The van der Waals surface area contributed by atoms with Gasteiger partial charge in [-0.25, -0.2) is 0 Å². The maximum atomic E-state index is 10.5. The third-order valence-corrected chi connectivity index (χ3v) is 24.5. The van der Waals surface area contributed by atoms with Gasteiger partial charge < -0.3 is 20.4 Å². The van der Waals surface area contributed by atoms with E-state index in [0.29, 0.717) is 106 Å². The summed E-state index contributed by atoms with van der Waals surface area (Å²) < 4.78 is 0. The summed E-state index contributed by atoms with van der Waals surface area (Å²) in [6.45, 7) is 56.7. The van der Waals surface area contributed by atoms with Crippen LogP contribution in [0, 0.1) is 55.4 Å². The van der Waals surface area contributed by atoms with Crippen molar-refractivity contribution in [3.8, 4) is 23.0 Å². The number of benzene rings is 8. The van der Waals surface area contributed by atoms with E-state index in [1.54, 1.807) is 6.07 Å². The Bertz CT molecular complexity index is 3770. The van der Waals surface area contributed by atoms with Gasteiger partial charge in [0.2, 0.25) is 0 Å². The van der Waals surface area contributed by atoms with Crippen molar-refractivity contribution in [2.45, 2.75) is 241 Å². The van der Waals surface area contributed by atoms with Crippen molar-refractivity contribution in [2.24, 2.45) is 0 Å². The number of para-hydroxylation sites is 2. The average Bonchev–Trinajstić information content (AvgIpc) is 0.836. The second kappa shape index (κ2) is 57.7. The van der Waals surface area contributed by atoms with E-state index in [0.717, 1.165) is 58.5 Å². The Balaban J connectivity index is 0.000000684. The van der Waals surface area contributed by atoms with E-state index in [9.17, 15) is 20.4 Å². The zero-order chi connectivity index (χ0) is 82.2. The molecule has 8 aromatic carbocycles. The van der Waals surface area contributed by atoms with Crippen LogP contribution >= 0.6 is 109 Å². The Morgan fingerprint density at radius 3 is 0.843 bits per heavy atom. The van der Waals surface area contributed by atoms with Gasteiger partial charge in [-0.3, -0.25) is 19.6 Å². The van der Waals surface area contributed by atoms with Gasteiger partial charge in [0.1, 0.15) is 23.0 Å². The van der Waals surface area contributed by atoms with Crippen LogP contribution in [0.25, 0.3) is 0 Å². The van der Waals surface area contributed by atoms with Gasteiger partial charge in [0.15, 0.2) is 0 Å². The molecule has 4 N–H and O–H groups in total. The zero-order valence-corrected chi connectivity index (χ0v) is 84.2. The van der Waals surface area contributed by atoms with E-state index in [1.807, 2.05) is 68.4 Å². The minimum atomic E-state index is -0.556. The summed E-state index contributed by atoms with van der Waals surface area (Å²) in [6.07, 6.45) is 0. The molecule has 0 aromatic heterocycles. The number of phenols is 4. The van der Waals surface area contributed by atoms with E-state index in [2.05, 4.69) is 257 Å². The molecule has 0 aliphatic carbocycles. The van der Waals surface area contributed by atoms with Crippen molar-refractivity contribution in [1.29, 1.82) is 0 Å². The molecule has 8 nitrogen and oxygen atoms in total. The Morgan fingerprint density at radius 1 is 0.269 bits per heavy atom. The number of nitrogens with zero attached hydrogens (tertiary/aromatic N) is 4. The van der Waals surface area contributed by atoms with E-state index in [-0.39, 0.29) is 0 Å². The predicted octanol–water partition coefficient (Wildman–Crippen LogP) is 22.5. The van der Waals surface area contributed by atoms with Gasteiger partial charge in [-0.2, -0.15) is 0 Å². The van der Waals surface area contributed by atoms with E-state index in [4.69, 9.17) is 74.4 Å². The molecule has 4 atom stereocenters. The number of hydrogen-bond donors (Lipinski definition) is 4. The fraction of sp³-hybridized carbons (Fsp3) is 0.429. The number of phenolic OH excluding ortho intramolecular Hbond substituents is 4. The number of aryl methyl sites for hydroxylation is 8. The first-order valence-electron chi connectivity index (χ1n) is 36.3. The molecular weight excluding hydrogens is 1730 g/mol. The van der Waals surface area contributed by atoms with Crippen molar-refractivity contribution in [2.75, 3.05) is 0 Å². The summed E-state index contributed by atoms with van der Waals surface area (Å²) in [5.74, 6) is 1.68. The van der Waals surface area contributed by atoms with Crippen LogP contribution in [0.4, 0.5) is 0 Å². The van der Waals surface area contributed by atoms with Gasteiger partial charge >= 0.3 is 143 Å². The molecule has 0 amide bonds. The summed E-state index contributed by atoms with van der Waals surface area (Å²) in [4.78, 5) is 10.1. The summed E-state index contributed by atoms with van der Waals surface area (Å²) >= 11 is -2.22. The van der Waals surface area contributed by atoms with Crippen LogP contribution in [-0.4, -0.2) is 88.4 Å². The summed E-state index contributed by atoms with van der Waals surface area (Å²) in [6, 6.07) is 54.0. The second-order valence-corrected chi connectivity index (χ2v) is 44.1. The molecule has 108 heavy (non-hydrogen) atoms. The van der Waals surface area contributed by atoms with Crippen LogP contribution in [0.15, 0.2) is 146 Å². The number of halogens is 8. The van der Waals surface area contributed by atoms with Gasteiger partial charge in [0, 0.05) is 95.7 Å². The standard InChI is InChI=1S/C22H32NOP.2C21H30NOP.C20H28NOP.8ClH.4Ti/c1-14(2)23(15(3)4)13-19-10-8-9-17(6)22(19)25-20-12-16(5)11-18(7)21(20)24;1-14(2)22(15(3)4)13-18-11-7-10-17(6)21(18)24-19-12-8-9-16(5)20(19)23;1-14(2)22(15(3)4)13-18-9-7-8-17(6)21(18)24-20-12-16(5)10-11-19(20)23;1-14(2)21(15(3)4)13-17-10-8-9-16(5)20(17)23-19-12-7-6-11-18(19)22;;;;;;;;;;;;/h8-12,14-15,24-25H,13H2,1-7H3;2*7-12,14-15,23-24H,13H2,1-6H3;6-12,14-15,22-23H,13H2,1-5H3;8*1H;;;;/q;;;;;;;;;;;;4*+2/p-8. The fourth-order valence-corrected chi connectivity index (χ4v) is 18.0. The molecule has 0 saturated carbocycles. The number of hydrogen-bond acceptors (Lipinski definition) is 8. The van der Waals surface area contributed by atoms with E-state index < -0.39 is 68.1 Å². The van der Waals surface area contributed by atoms with Gasteiger partial charge in [-0.05, 0) is 273 Å². The Labute approximate surface area is 727 Å². The third-order valence-electron chi connectivity index (χ3n) is 17.9. The molecule has 592 valence electrons. The van der Waals surface area contributed by atoms with Gasteiger partial charge in [0.25, 0.3) is 0 Å². The Kier molecular flexibility index (Phi) is 56.5. The molecule has 0 radical (unpaired) electrons. The quantitative estimate of drug-likeness (QED) is 0.0351. The topological polar surface area (TPSA) is 93.9 Å². The fourth-order valence-electron chi connectivity index (χ4n) is 12.5. The molecule has 0 saturated heterocycles. The molecule has 0 aliphatic heterocycles. The molecule has 24 heteroatoms. The van der Waals surface area contributed by atoms with Crippen LogP contribution in [0.1, 0.15) is 178 Å². The molecule has 8 aromatic rings. The second-order valence-electron chi connectivity index (χ2n) is 28.6. The van der Waals surface area contributed by atoms with Crippen molar-refractivity contribution in [3.63, 3.8) is 0 Å². The molecule has 0 heterocycles. The monoisotopic (exact) mass is 1840 g/mol. The van der Waals surface area contributed by atoms with Gasteiger partial charge in [-0.15, -0.1) is 0 Å². The molecular formula is C84H120Cl8N4O4P4Ti4. The molecule has 0 spiro atoms. The Morgan fingerprint density at radius 2 is 0.519 bits per heavy atom. The van der Waals surface area contributed by atoms with Crippen molar-refractivity contribution >= 4 is 151 Å². The van der Waals surface area contributed by atoms with Crippen LogP contribution in [0.3, 0.4) is 0 Å². The SMILES string of the molecule is Cc1cc(C)c(O)c(Pc2c(C)cccc2CN(C(C)C)C(C)C)c1.Cc1ccc(O)c(Pc2c(C)cccc2CN(C(C)C)C(C)C)c1.Cc1cccc(CN(C(C)C)C(C)C)c1Pc1ccccc1O.Cc1cccc(Pc2c(C)cccc2CN(C(C)C)C(C)C)c1O.[Cl][Ti][Cl].[Cl][Ti][Cl].[Cl][Ti][Cl].[Cl][Ti][Cl]. The normalized spacial score (nSPS) is 11.4. The number of aromatic hydroxyl groups is 4. The summed E-state index contributed by atoms with van der Waals surface area (Å²) in [7, 11) is 41.0. The number of rotatable bonds is 24. The van der Waals surface area contributed by atoms with Crippen LogP contribution in [0.5, 0.6) is 23.0 Å². The molecule has 8 rings (SSSR count). The van der Waals surface area contributed by atoms with Crippen LogP contribution in [-0.2, 0) is 94.3 Å². The Hall–Kier alpha value is -0.303. The first-order chi connectivity index (χ1) is 50.9. The first kappa shape index (κ1) is 106. The predicted molar refractivity (Wildman–Crippen MR) is 477 cm³/mol. The average molecular weight is 1850 g/mol. The molecule has 0 aliphatic rings. The summed E-state index contributed by atoms with van der Waals surface area (Å²) in [5.41, 5.74) is 15.0. The first-order valence-corrected chi connectivity index (χ1v) is 57.5. The van der Waals surface area contributed by atoms with E-state index in [1.165, 1.54) is 76.9 Å². The maximum absolute atomic E-state index is 10.5. The molecule has 0 fully saturated rings. The third kappa shape index (κ3) is 38.4. The molecule has 4 unspecified atom stereocenters.